The molecule has 1 amide bonds. The number of benzene rings is 2. The monoisotopic (exact) mass is 304 g/mol. The summed E-state index contributed by atoms with van der Waals surface area (Å²) in [7, 11) is 0. The van der Waals surface area contributed by atoms with Crippen molar-refractivity contribution in [2.24, 2.45) is 0 Å². The van der Waals surface area contributed by atoms with E-state index in [2.05, 4.69) is 12.2 Å². The van der Waals surface area contributed by atoms with Crippen molar-refractivity contribution in [1.29, 1.82) is 0 Å². The lowest BCUT2D eigenvalue weighted by Gasteiger charge is -2.07. The SMILES string of the molecule is CCc1ccc(NC(=O)CSc2ccc(F)cc2N)cc1. The van der Waals surface area contributed by atoms with Gasteiger partial charge in [-0.15, -0.1) is 11.8 Å². The zero-order chi connectivity index (χ0) is 15.2. The van der Waals surface area contributed by atoms with Crippen molar-refractivity contribution in [3.05, 3.63) is 53.8 Å². The van der Waals surface area contributed by atoms with Crippen LogP contribution in [0.5, 0.6) is 0 Å². The highest BCUT2D eigenvalue weighted by atomic mass is 32.2. The smallest absolute Gasteiger partial charge is 0.234 e. The highest BCUT2D eigenvalue weighted by Gasteiger charge is 2.06. The van der Waals surface area contributed by atoms with Crippen LogP contribution in [0.3, 0.4) is 0 Å². The third-order valence-electron chi connectivity index (χ3n) is 2.98. The molecule has 0 atom stereocenters. The van der Waals surface area contributed by atoms with Crippen LogP contribution in [0.1, 0.15) is 12.5 Å². The number of aryl methyl sites for hydroxylation is 1. The van der Waals surface area contributed by atoms with Crippen LogP contribution in [-0.4, -0.2) is 11.7 Å². The molecule has 0 saturated carbocycles. The van der Waals surface area contributed by atoms with E-state index in [0.717, 1.165) is 12.1 Å². The molecule has 0 saturated heterocycles. The van der Waals surface area contributed by atoms with Gasteiger partial charge in [-0.2, -0.15) is 0 Å². The lowest BCUT2D eigenvalue weighted by atomic mass is 10.1. The molecule has 0 fully saturated rings. The van der Waals surface area contributed by atoms with Gasteiger partial charge in [0.15, 0.2) is 0 Å². The first-order chi connectivity index (χ1) is 10.1. The molecule has 2 rings (SSSR count). The molecular formula is C16H17FN2OS. The average molecular weight is 304 g/mol. The van der Waals surface area contributed by atoms with Crippen LogP contribution in [0.25, 0.3) is 0 Å². The number of nitrogens with two attached hydrogens (primary N) is 1. The summed E-state index contributed by atoms with van der Waals surface area (Å²) >= 11 is 1.29. The van der Waals surface area contributed by atoms with Crippen molar-refractivity contribution in [3.63, 3.8) is 0 Å². The van der Waals surface area contributed by atoms with E-state index in [1.54, 1.807) is 6.07 Å². The summed E-state index contributed by atoms with van der Waals surface area (Å²) in [5.74, 6) is -0.268. The Morgan fingerprint density at radius 3 is 2.57 bits per heavy atom. The number of nitrogen functional groups attached to an aromatic ring is 1. The van der Waals surface area contributed by atoms with E-state index in [9.17, 15) is 9.18 Å². The van der Waals surface area contributed by atoms with E-state index < -0.39 is 0 Å². The van der Waals surface area contributed by atoms with Gasteiger partial charge in [-0.05, 0) is 42.3 Å². The van der Waals surface area contributed by atoms with E-state index in [-0.39, 0.29) is 17.5 Å². The van der Waals surface area contributed by atoms with Crippen molar-refractivity contribution in [2.45, 2.75) is 18.2 Å². The summed E-state index contributed by atoms with van der Waals surface area (Å²) in [5.41, 5.74) is 8.04. The number of anilines is 2. The van der Waals surface area contributed by atoms with Crippen molar-refractivity contribution in [2.75, 3.05) is 16.8 Å². The molecule has 0 aliphatic heterocycles. The zero-order valence-electron chi connectivity index (χ0n) is 11.7. The van der Waals surface area contributed by atoms with Gasteiger partial charge in [0.1, 0.15) is 5.82 Å². The molecule has 2 aromatic carbocycles. The fourth-order valence-electron chi connectivity index (χ4n) is 1.81. The third kappa shape index (κ3) is 4.49. The van der Waals surface area contributed by atoms with Crippen LogP contribution in [0.15, 0.2) is 47.4 Å². The first kappa shape index (κ1) is 15.4. The number of rotatable bonds is 5. The standard InChI is InChI=1S/C16H17FN2OS/c1-2-11-3-6-13(7-4-11)19-16(20)10-21-15-8-5-12(17)9-14(15)18/h3-9H,2,10,18H2,1H3,(H,19,20). The quantitative estimate of drug-likeness (QED) is 0.654. The maximum Gasteiger partial charge on any atom is 0.234 e. The summed E-state index contributed by atoms with van der Waals surface area (Å²) < 4.78 is 12.9. The molecule has 0 radical (unpaired) electrons. The number of hydrogen-bond acceptors (Lipinski definition) is 3. The van der Waals surface area contributed by atoms with Gasteiger partial charge in [-0.25, -0.2) is 4.39 Å². The summed E-state index contributed by atoms with van der Waals surface area (Å²) in [5, 5.41) is 2.82. The number of thioether (sulfide) groups is 1. The number of carbonyl (C=O) groups is 1. The van der Waals surface area contributed by atoms with Gasteiger partial charge in [0.25, 0.3) is 0 Å². The third-order valence-corrected chi connectivity index (χ3v) is 4.07. The predicted octanol–water partition coefficient (Wildman–Crippen LogP) is 3.70. The van der Waals surface area contributed by atoms with E-state index in [4.69, 9.17) is 5.73 Å². The normalized spacial score (nSPS) is 10.4. The maximum absolute atomic E-state index is 12.9. The number of nitrogens with one attached hydrogen (secondary N) is 1. The van der Waals surface area contributed by atoms with Gasteiger partial charge in [0, 0.05) is 16.3 Å². The first-order valence-electron chi connectivity index (χ1n) is 6.65. The van der Waals surface area contributed by atoms with Crippen LogP contribution in [-0.2, 0) is 11.2 Å². The maximum atomic E-state index is 12.9. The molecule has 0 bridgehead atoms. The van der Waals surface area contributed by atoms with Gasteiger partial charge in [0.05, 0.1) is 5.75 Å². The molecule has 2 aromatic rings. The van der Waals surface area contributed by atoms with Crippen molar-refractivity contribution >= 4 is 29.0 Å². The average Bonchev–Trinajstić information content (AvgIpc) is 2.47. The van der Waals surface area contributed by atoms with Crippen LogP contribution < -0.4 is 11.1 Å². The van der Waals surface area contributed by atoms with Gasteiger partial charge >= 0.3 is 0 Å². The molecule has 110 valence electrons. The molecule has 3 N–H and O–H groups in total. The van der Waals surface area contributed by atoms with Gasteiger partial charge in [-0.3, -0.25) is 4.79 Å². The summed E-state index contributed by atoms with van der Waals surface area (Å²) in [4.78, 5) is 12.6. The Morgan fingerprint density at radius 1 is 1.24 bits per heavy atom. The van der Waals surface area contributed by atoms with E-state index in [1.807, 2.05) is 24.3 Å². The second kappa shape index (κ2) is 7.13. The fourth-order valence-corrected chi connectivity index (χ4v) is 2.56. The second-order valence-corrected chi connectivity index (χ2v) is 5.59. The highest BCUT2D eigenvalue weighted by molar-refractivity contribution is 8.00. The predicted molar refractivity (Wildman–Crippen MR) is 86.0 cm³/mol. The molecule has 0 unspecified atom stereocenters. The molecule has 21 heavy (non-hydrogen) atoms. The van der Waals surface area contributed by atoms with E-state index in [1.165, 1.54) is 29.5 Å². The lowest BCUT2D eigenvalue weighted by molar-refractivity contribution is -0.113. The number of halogens is 1. The zero-order valence-corrected chi connectivity index (χ0v) is 12.5. The van der Waals surface area contributed by atoms with Crippen LogP contribution >= 0.6 is 11.8 Å². The van der Waals surface area contributed by atoms with Crippen LogP contribution in [0.4, 0.5) is 15.8 Å². The van der Waals surface area contributed by atoms with E-state index in [0.29, 0.717) is 10.6 Å². The Morgan fingerprint density at radius 2 is 1.95 bits per heavy atom. The Bertz CT molecular complexity index is 629. The first-order valence-corrected chi connectivity index (χ1v) is 7.63. The van der Waals surface area contributed by atoms with Crippen molar-refractivity contribution in [1.82, 2.24) is 0 Å². The molecule has 0 aliphatic rings. The largest absolute Gasteiger partial charge is 0.398 e. The Balaban J connectivity index is 1.89. The Hall–Kier alpha value is -2.01. The number of carbonyl (C=O) groups excluding carboxylic acids is 1. The lowest BCUT2D eigenvalue weighted by Crippen LogP contribution is -2.14. The minimum Gasteiger partial charge on any atom is -0.398 e. The summed E-state index contributed by atoms with van der Waals surface area (Å²) in [6, 6.07) is 11.9. The van der Waals surface area contributed by atoms with Gasteiger partial charge in [-0.1, -0.05) is 19.1 Å². The minimum atomic E-state index is -0.377. The molecule has 5 heteroatoms. The highest BCUT2D eigenvalue weighted by Crippen LogP contribution is 2.25. The molecule has 0 spiro atoms. The minimum absolute atomic E-state index is 0.118. The topological polar surface area (TPSA) is 55.1 Å². The van der Waals surface area contributed by atoms with Crippen molar-refractivity contribution < 1.29 is 9.18 Å². The molecule has 0 aliphatic carbocycles. The summed E-state index contributed by atoms with van der Waals surface area (Å²) in [6.45, 7) is 2.08. The Kier molecular flexibility index (Phi) is 5.22. The molecule has 0 aromatic heterocycles. The number of amides is 1. The summed E-state index contributed by atoms with van der Waals surface area (Å²) in [6.07, 6.45) is 0.966. The van der Waals surface area contributed by atoms with Crippen molar-refractivity contribution in [3.8, 4) is 0 Å². The molecule has 0 heterocycles. The molecular weight excluding hydrogens is 287 g/mol. The van der Waals surface area contributed by atoms with E-state index >= 15 is 0 Å². The van der Waals surface area contributed by atoms with Gasteiger partial charge in [0.2, 0.25) is 5.91 Å². The van der Waals surface area contributed by atoms with Crippen LogP contribution in [0.2, 0.25) is 0 Å². The Labute approximate surface area is 127 Å². The molecule has 3 nitrogen and oxygen atoms in total. The number of hydrogen-bond donors (Lipinski definition) is 2. The fraction of sp³-hybridized carbons (Fsp3) is 0.188. The van der Waals surface area contributed by atoms with Crippen LogP contribution in [0, 0.1) is 5.82 Å². The second-order valence-electron chi connectivity index (χ2n) is 4.57. The van der Waals surface area contributed by atoms with Gasteiger partial charge < -0.3 is 11.1 Å².